The zero-order valence-electron chi connectivity index (χ0n) is 19.8. The van der Waals surface area contributed by atoms with Crippen LogP contribution in [0.1, 0.15) is 0 Å². The Morgan fingerprint density at radius 1 is 0.362 bits per heavy atom. The second kappa shape index (κ2) is 11.2. The first-order chi connectivity index (χ1) is 19.7. The lowest BCUT2D eigenvalue weighted by molar-refractivity contribution is -0.512. The summed E-state index contributed by atoms with van der Waals surface area (Å²) in [7, 11) is -7.48. The normalized spacial score (nSPS) is 16.9. The van der Waals surface area contributed by atoms with Crippen LogP contribution in [0.3, 0.4) is 0 Å². The van der Waals surface area contributed by atoms with Gasteiger partial charge in [0.1, 0.15) is 6.61 Å². The average molecular weight is 798 g/mol. The number of alkyl halides is 28. The van der Waals surface area contributed by atoms with Crippen molar-refractivity contribution in [2.75, 3.05) is 6.61 Å². The summed E-state index contributed by atoms with van der Waals surface area (Å²) in [6, 6.07) is 0. The quantitative estimate of drug-likeness (QED) is 0.101. The second-order valence-corrected chi connectivity index (χ2v) is 9.70. The number of hydrogen-bond acceptors (Lipinski definition) is 4. The summed E-state index contributed by atoms with van der Waals surface area (Å²) in [5, 5.41) is 0. The van der Waals surface area contributed by atoms with E-state index in [1.54, 1.807) is 0 Å². The Hall–Kier alpha value is -2.09. The van der Waals surface area contributed by atoms with E-state index in [4.69, 9.17) is 0 Å². The van der Waals surface area contributed by atoms with Gasteiger partial charge in [0.05, 0.1) is 0 Å². The maximum atomic E-state index is 13.6. The molecule has 0 saturated carbocycles. The number of rotatable bonds is 14. The standard InChI is InChI=1S/C14H2F28O4S/c15-2(16,1-45-47(43,44)14(40,41)42)12(36,37)46-13(38,39)10(31,32)8(27,28)6(23,24)4(19,20)3(17,18)5(21,22)7(25,26)9(29,30)11(33,34)35/h1H2. The molecule has 0 aliphatic carbocycles. The zero-order valence-corrected chi connectivity index (χ0v) is 20.6. The molecule has 0 aromatic carbocycles. The highest BCUT2D eigenvalue weighted by Gasteiger charge is 2.98. The fourth-order valence-corrected chi connectivity index (χ4v) is 2.58. The summed E-state index contributed by atoms with van der Waals surface area (Å²) < 4.78 is 390. The first kappa shape index (κ1) is 44.9. The molecule has 0 amide bonds. The third-order valence-electron chi connectivity index (χ3n) is 4.84. The number of hydrogen-bond donors (Lipinski definition) is 0. The summed E-state index contributed by atoms with van der Waals surface area (Å²) in [6.07, 6.45) is -25.0. The van der Waals surface area contributed by atoms with Crippen molar-refractivity contribution in [3.63, 3.8) is 0 Å². The Bertz CT molecular complexity index is 1240. The highest BCUT2D eigenvalue weighted by Crippen LogP contribution is 2.66. The Morgan fingerprint density at radius 3 is 0.872 bits per heavy atom. The Balaban J connectivity index is 7.00. The van der Waals surface area contributed by atoms with Gasteiger partial charge in [-0.15, -0.1) is 0 Å². The Morgan fingerprint density at radius 2 is 0.617 bits per heavy atom. The van der Waals surface area contributed by atoms with E-state index in [0.717, 1.165) is 4.74 Å². The maximum absolute atomic E-state index is 13.6. The van der Waals surface area contributed by atoms with Gasteiger partial charge in [-0.25, -0.2) is 4.74 Å². The van der Waals surface area contributed by atoms with Gasteiger partial charge in [0, 0.05) is 0 Å². The third-order valence-corrected chi connectivity index (χ3v) is 5.84. The third kappa shape index (κ3) is 6.38. The van der Waals surface area contributed by atoms with Crippen molar-refractivity contribution in [3.8, 4) is 0 Å². The fourth-order valence-electron chi connectivity index (χ4n) is 2.15. The van der Waals surface area contributed by atoms with E-state index in [1.165, 1.54) is 0 Å². The largest absolute Gasteiger partial charge is 0.523 e. The van der Waals surface area contributed by atoms with Crippen molar-refractivity contribution in [2.45, 2.75) is 77.2 Å². The SMILES string of the molecule is O=S(=O)(OCC(F)(F)C(F)(F)OC(F)(F)C(F)(F)C(F)(F)C(F)(F)C(F)(F)C(F)(F)C(F)(F)C(F)(F)C(F)(F)C(F)(F)F)C(F)(F)F. The summed E-state index contributed by atoms with van der Waals surface area (Å²) in [6.45, 7) is -4.19. The van der Waals surface area contributed by atoms with E-state index in [0.29, 0.717) is 0 Å². The van der Waals surface area contributed by atoms with E-state index in [-0.39, 0.29) is 0 Å². The molecule has 47 heavy (non-hydrogen) atoms. The monoisotopic (exact) mass is 798 g/mol. The van der Waals surface area contributed by atoms with Crippen LogP contribution < -0.4 is 0 Å². The molecule has 0 aromatic heterocycles. The van der Waals surface area contributed by atoms with Gasteiger partial charge in [0.15, 0.2) is 0 Å². The molecule has 0 unspecified atom stereocenters. The number of ether oxygens (including phenoxy) is 1. The van der Waals surface area contributed by atoms with Crippen LogP contribution in [-0.2, 0) is 19.0 Å². The van der Waals surface area contributed by atoms with Gasteiger partial charge >= 0.3 is 87.3 Å². The zero-order chi connectivity index (χ0) is 39.1. The molecule has 0 bridgehead atoms. The molecule has 0 spiro atoms. The van der Waals surface area contributed by atoms with Gasteiger partial charge in [0.2, 0.25) is 0 Å². The van der Waals surface area contributed by atoms with Crippen LogP contribution in [0.2, 0.25) is 0 Å². The summed E-state index contributed by atoms with van der Waals surface area (Å²) in [5.41, 5.74) is -6.85. The number of halogens is 28. The molecule has 0 aromatic rings. The molecule has 0 heterocycles. The van der Waals surface area contributed by atoms with Crippen molar-refractivity contribution in [1.82, 2.24) is 0 Å². The van der Waals surface area contributed by atoms with Crippen LogP contribution in [0.4, 0.5) is 123 Å². The lowest BCUT2D eigenvalue weighted by atomic mass is 9.87. The van der Waals surface area contributed by atoms with Gasteiger partial charge in [-0.3, -0.25) is 4.18 Å². The lowest BCUT2D eigenvalue weighted by Gasteiger charge is -2.44. The van der Waals surface area contributed by atoms with Crippen molar-refractivity contribution in [1.29, 1.82) is 0 Å². The smallest absolute Gasteiger partial charge is 0.256 e. The molecular weight excluding hydrogens is 796 g/mol. The highest BCUT2D eigenvalue weighted by atomic mass is 32.2. The topological polar surface area (TPSA) is 52.6 Å². The van der Waals surface area contributed by atoms with E-state index in [9.17, 15) is 131 Å². The first-order valence-electron chi connectivity index (χ1n) is 9.55. The van der Waals surface area contributed by atoms with Crippen molar-refractivity contribution in [3.05, 3.63) is 0 Å². The molecule has 0 saturated heterocycles. The molecular formula is C14H2F28O4S. The molecule has 0 fully saturated rings. The Labute approximate surface area is 235 Å². The van der Waals surface area contributed by atoms with Gasteiger partial charge in [-0.2, -0.15) is 131 Å². The molecule has 0 N–H and O–H groups in total. The van der Waals surface area contributed by atoms with Gasteiger partial charge in [-0.05, 0) is 0 Å². The van der Waals surface area contributed by atoms with Crippen LogP contribution in [0.15, 0.2) is 0 Å². The molecule has 4 nitrogen and oxygen atoms in total. The molecule has 0 radical (unpaired) electrons. The predicted molar refractivity (Wildman–Crippen MR) is 82.5 cm³/mol. The summed E-state index contributed by atoms with van der Waals surface area (Å²) >= 11 is 0. The van der Waals surface area contributed by atoms with Gasteiger partial charge < -0.3 is 0 Å². The predicted octanol–water partition coefficient (Wildman–Crippen LogP) is 8.33. The fraction of sp³-hybridized carbons (Fsp3) is 1.00. The van der Waals surface area contributed by atoms with E-state index < -0.39 is 93.9 Å². The van der Waals surface area contributed by atoms with Crippen molar-refractivity contribution >= 4 is 10.1 Å². The van der Waals surface area contributed by atoms with Crippen LogP contribution in [0, 0.1) is 0 Å². The van der Waals surface area contributed by atoms with Crippen LogP contribution in [0.25, 0.3) is 0 Å². The minimum absolute atomic E-state index is 1.03. The Kier molecular flexibility index (Phi) is 10.7. The first-order valence-corrected chi connectivity index (χ1v) is 11.0. The van der Waals surface area contributed by atoms with Crippen LogP contribution in [0.5, 0.6) is 0 Å². The van der Waals surface area contributed by atoms with Crippen LogP contribution >= 0.6 is 0 Å². The average Bonchev–Trinajstić information content (AvgIpc) is 2.79. The molecule has 0 atom stereocenters. The highest BCUT2D eigenvalue weighted by molar-refractivity contribution is 7.87. The lowest BCUT2D eigenvalue weighted by Crippen LogP contribution is -2.77. The van der Waals surface area contributed by atoms with Crippen LogP contribution in [-0.4, -0.2) is 92.2 Å². The van der Waals surface area contributed by atoms with Crippen molar-refractivity contribution < 1.29 is 140 Å². The summed E-state index contributed by atoms with van der Waals surface area (Å²) in [5.74, 6) is -82.6. The molecule has 33 heteroatoms. The molecule has 284 valence electrons. The summed E-state index contributed by atoms with van der Waals surface area (Å²) in [4.78, 5) is 0. The molecule has 0 aliphatic rings. The van der Waals surface area contributed by atoms with Gasteiger partial charge in [-0.1, -0.05) is 0 Å². The van der Waals surface area contributed by atoms with Crippen molar-refractivity contribution in [2.24, 2.45) is 0 Å². The minimum atomic E-state index is -9.72. The van der Waals surface area contributed by atoms with E-state index in [1.807, 2.05) is 0 Å². The molecule has 0 rings (SSSR count). The second-order valence-electron chi connectivity index (χ2n) is 8.10. The van der Waals surface area contributed by atoms with E-state index >= 15 is 0 Å². The van der Waals surface area contributed by atoms with E-state index in [2.05, 4.69) is 4.18 Å². The van der Waals surface area contributed by atoms with Gasteiger partial charge in [0.25, 0.3) is 0 Å². The molecule has 0 aliphatic heterocycles. The minimum Gasteiger partial charge on any atom is -0.256 e. The maximum Gasteiger partial charge on any atom is 0.523 e.